The monoisotopic (exact) mass is 502 g/mol. The molecule has 10 heteroatoms. The highest BCUT2D eigenvalue weighted by molar-refractivity contribution is 8.26. The number of nitrogens with zero attached hydrogens (tertiary/aromatic N) is 4. The highest BCUT2D eigenvalue weighted by atomic mass is 32.2. The van der Waals surface area contributed by atoms with Gasteiger partial charge < -0.3 is 14.4 Å². The lowest BCUT2D eigenvalue weighted by Gasteiger charge is -2.36. The third-order valence-corrected chi connectivity index (χ3v) is 7.11. The fourth-order valence-corrected chi connectivity index (χ4v) is 5.55. The number of rotatable bonds is 7. The smallest absolute Gasteiger partial charge is 0.267 e. The SMILES string of the molecule is CCOCCCN1C(=O)/C(=C/c2c(N3CC(C)OC(C)C3)nc3ccc(C)cn3c2=O)SC1=S. The Morgan fingerprint density at radius 3 is 2.71 bits per heavy atom. The normalized spacial score (nSPS) is 22.4. The molecular formula is C24H30N4O4S2. The van der Waals surface area contributed by atoms with Crippen LogP contribution in [0.3, 0.4) is 0 Å². The van der Waals surface area contributed by atoms with E-state index in [1.165, 1.54) is 11.8 Å². The van der Waals surface area contributed by atoms with Gasteiger partial charge in [-0.1, -0.05) is 30.0 Å². The van der Waals surface area contributed by atoms with Crippen molar-refractivity contribution in [3.63, 3.8) is 0 Å². The minimum atomic E-state index is -0.211. The van der Waals surface area contributed by atoms with E-state index in [9.17, 15) is 9.59 Å². The maximum Gasteiger partial charge on any atom is 0.267 e. The number of carbonyl (C=O) groups excluding carboxylic acids is 1. The molecule has 4 heterocycles. The lowest BCUT2D eigenvalue weighted by molar-refractivity contribution is -0.122. The Morgan fingerprint density at radius 2 is 2.00 bits per heavy atom. The second-order valence-corrected chi connectivity index (χ2v) is 10.3. The number of aryl methyl sites for hydroxylation is 1. The summed E-state index contributed by atoms with van der Waals surface area (Å²) in [6.45, 7) is 10.8. The number of aromatic nitrogens is 2. The second kappa shape index (κ2) is 10.6. The van der Waals surface area contributed by atoms with Crippen LogP contribution in [0.1, 0.15) is 38.3 Å². The molecular weight excluding hydrogens is 472 g/mol. The zero-order valence-corrected chi connectivity index (χ0v) is 21.6. The van der Waals surface area contributed by atoms with Gasteiger partial charge in [0.2, 0.25) is 0 Å². The fraction of sp³-hybridized carbons (Fsp3) is 0.500. The van der Waals surface area contributed by atoms with Crippen LogP contribution >= 0.6 is 24.0 Å². The number of carbonyl (C=O) groups is 1. The summed E-state index contributed by atoms with van der Waals surface area (Å²) in [7, 11) is 0. The Labute approximate surface area is 208 Å². The van der Waals surface area contributed by atoms with Crippen LogP contribution in [0.5, 0.6) is 0 Å². The highest BCUT2D eigenvalue weighted by Gasteiger charge is 2.33. The molecule has 2 fully saturated rings. The van der Waals surface area contributed by atoms with Crippen LogP contribution in [0.25, 0.3) is 11.7 Å². The third-order valence-electron chi connectivity index (χ3n) is 5.73. The maximum absolute atomic E-state index is 13.6. The molecule has 2 aliphatic heterocycles. The summed E-state index contributed by atoms with van der Waals surface area (Å²) >= 11 is 6.69. The van der Waals surface area contributed by atoms with Crippen molar-refractivity contribution in [1.82, 2.24) is 14.3 Å². The summed E-state index contributed by atoms with van der Waals surface area (Å²) in [6, 6.07) is 3.78. The predicted octanol–water partition coefficient (Wildman–Crippen LogP) is 3.24. The van der Waals surface area contributed by atoms with E-state index in [2.05, 4.69) is 4.90 Å². The van der Waals surface area contributed by atoms with Gasteiger partial charge in [0.25, 0.3) is 11.5 Å². The van der Waals surface area contributed by atoms with Crippen molar-refractivity contribution in [1.29, 1.82) is 0 Å². The average Bonchev–Trinajstić information content (AvgIpc) is 3.05. The number of amides is 1. The van der Waals surface area contributed by atoms with Crippen LogP contribution in [0.4, 0.5) is 5.82 Å². The minimum absolute atomic E-state index is 0.00146. The molecule has 34 heavy (non-hydrogen) atoms. The van der Waals surface area contributed by atoms with Crippen LogP contribution in [-0.4, -0.2) is 69.6 Å². The largest absolute Gasteiger partial charge is 0.382 e. The van der Waals surface area contributed by atoms with Gasteiger partial charge >= 0.3 is 0 Å². The molecule has 4 rings (SSSR count). The number of anilines is 1. The molecule has 0 radical (unpaired) electrons. The Kier molecular flexibility index (Phi) is 7.71. The summed E-state index contributed by atoms with van der Waals surface area (Å²) in [4.78, 5) is 35.7. The molecule has 2 unspecified atom stereocenters. The van der Waals surface area contributed by atoms with Crippen molar-refractivity contribution in [2.75, 3.05) is 37.7 Å². The molecule has 2 aliphatic rings. The number of hydrogen-bond donors (Lipinski definition) is 0. The number of morpholine rings is 1. The van der Waals surface area contributed by atoms with Crippen molar-refractivity contribution < 1.29 is 14.3 Å². The molecule has 182 valence electrons. The molecule has 0 N–H and O–H groups in total. The first kappa shape index (κ1) is 24.8. The first-order valence-corrected chi connectivity index (χ1v) is 12.8. The Balaban J connectivity index is 1.75. The zero-order chi connectivity index (χ0) is 24.4. The first-order chi connectivity index (χ1) is 16.3. The van der Waals surface area contributed by atoms with Crippen molar-refractivity contribution in [2.24, 2.45) is 0 Å². The van der Waals surface area contributed by atoms with Gasteiger partial charge in [-0.2, -0.15) is 0 Å². The number of hydrogen-bond acceptors (Lipinski definition) is 8. The Morgan fingerprint density at radius 1 is 1.26 bits per heavy atom. The van der Waals surface area contributed by atoms with E-state index in [4.69, 9.17) is 26.7 Å². The van der Waals surface area contributed by atoms with Gasteiger partial charge in [-0.15, -0.1) is 0 Å². The molecule has 2 saturated heterocycles. The molecule has 2 atom stereocenters. The van der Waals surface area contributed by atoms with Crippen LogP contribution in [-0.2, 0) is 14.3 Å². The molecule has 0 aliphatic carbocycles. The predicted molar refractivity (Wildman–Crippen MR) is 139 cm³/mol. The Hall–Kier alpha value is -2.27. The number of thioether (sulfide) groups is 1. The summed E-state index contributed by atoms with van der Waals surface area (Å²) in [5, 5.41) is 0. The van der Waals surface area contributed by atoms with E-state index < -0.39 is 0 Å². The minimum Gasteiger partial charge on any atom is -0.382 e. The molecule has 1 amide bonds. The van der Waals surface area contributed by atoms with Gasteiger partial charge in [0.1, 0.15) is 15.8 Å². The van der Waals surface area contributed by atoms with E-state index in [-0.39, 0.29) is 23.7 Å². The molecule has 8 nitrogen and oxygen atoms in total. The topological polar surface area (TPSA) is 76.4 Å². The van der Waals surface area contributed by atoms with Gasteiger partial charge in [0.15, 0.2) is 0 Å². The van der Waals surface area contributed by atoms with Gasteiger partial charge in [-0.3, -0.25) is 18.9 Å². The first-order valence-electron chi connectivity index (χ1n) is 11.5. The molecule has 0 aromatic carbocycles. The molecule has 2 aromatic heterocycles. The Bertz CT molecular complexity index is 1190. The second-order valence-electron chi connectivity index (χ2n) is 8.64. The van der Waals surface area contributed by atoms with E-state index in [0.29, 0.717) is 65.5 Å². The molecule has 0 bridgehead atoms. The summed E-state index contributed by atoms with van der Waals surface area (Å²) < 4.78 is 13.3. The van der Waals surface area contributed by atoms with E-state index >= 15 is 0 Å². The van der Waals surface area contributed by atoms with Crippen molar-refractivity contribution in [2.45, 2.75) is 46.3 Å². The number of fused-ring (bicyclic) bond motifs is 1. The van der Waals surface area contributed by atoms with E-state index in [0.717, 1.165) is 5.56 Å². The molecule has 0 spiro atoms. The van der Waals surface area contributed by atoms with Crippen molar-refractivity contribution in [3.05, 3.63) is 44.7 Å². The van der Waals surface area contributed by atoms with Crippen LogP contribution in [0.15, 0.2) is 28.0 Å². The molecule has 0 saturated carbocycles. The van der Waals surface area contributed by atoms with E-state index in [1.54, 1.807) is 21.6 Å². The lowest BCUT2D eigenvalue weighted by atomic mass is 10.1. The van der Waals surface area contributed by atoms with Crippen LogP contribution < -0.4 is 10.5 Å². The fourth-order valence-electron chi connectivity index (χ4n) is 4.26. The third kappa shape index (κ3) is 5.19. The summed E-state index contributed by atoms with van der Waals surface area (Å²) in [5.41, 5.74) is 1.69. The average molecular weight is 503 g/mol. The zero-order valence-electron chi connectivity index (χ0n) is 19.9. The summed E-state index contributed by atoms with van der Waals surface area (Å²) in [5.74, 6) is 0.382. The van der Waals surface area contributed by atoms with Gasteiger partial charge in [-0.25, -0.2) is 4.98 Å². The molecule has 2 aromatic rings. The van der Waals surface area contributed by atoms with E-state index in [1.807, 2.05) is 39.8 Å². The lowest BCUT2D eigenvalue weighted by Crippen LogP contribution is -2.46. The maximum atomic E-state index is 13.6. The van der Waals surface area contributed by atoms with Gasteiger partial charge in [-0.05, 0) is 51.8 Å². The van der Waals surface area contributed by atoms with Gasteiger partial charge in [0.05, 0.1) is 22.7 Å². The standard InChI is InChI=1S/C24H30N4O4S2/c1-5-31-10-6-9-27-23(30)19(34-24(27)33)11-18-21(26-13-16(3)32-17(4)14-26)25-20-8-7-15(2)12-28(20)22(18)29/h7-8,11-12,16-17H,5-6,9-10,13-14H2,1-4H3/b19-11-. The number of thiocarbonyl (C=S) groups is 1. The highest BCUT2D eigenvalue weighted by Crippen LogP contribution is 2.34. The van der Waals surface area contributed by atoms with Crippen molar-refractivity contribution >= 4 is 51.7 Å². The number of ether oxygens (including phenoxy) is 2. The van der Waals surface area contributed by atoms with Crippen LogP contribution in [0, 0.1) is 6.92 Å². The number of pyridine rings is 1. The quantitative estimate of drug-likeness (QED) is 0.325. The summed E-state index contributed by atoms with van der Waals surface area (Å²) in [6.07, 6.45) is 4.13. The van der Waals surface area contributed by atoms with Crippen molar-refractivity contribution in [3.8, 4) is 0 Å². The van der Waals surface area contributed by atoms with Crippen LogP contribution in [0.2, 0.25) is 0 Å². The van der Waals surface area contributed by atoms with Gasteiger partial charge in [0, 0.05) is 39.0 Å².